The second-order valence-corrected chi connectivity index (χ2v) is 5.42. The van der Waals surface area contributed by atoms with Crippen molar-refractivity contribution in [3.8, 4) is 0 Å². The van der Waals surface area contributed by atoms with Gasteiger partial charge in [0.2, 0.25) is 0 Å². The zero-order chi connectivity index (χ0) is 10.4. The van der Waals surface area contributed by atoms with Crippen LogP contribution in [0.5, 0.6) is 0 Å². The minimum absolute atomic E-state index is 0.497. The van der Waals surface area contributed by atoms with Crippen molar-refractivity contribution in [2.75, 3.05) is 13.7 Å². The highest BCUT2D eigenvalue weighted by atomic mass is 79.9. The Hall–Kier alpha value is 0.140. The van der Waals surface area contributed by atoms with Gasteiger partial charge in [-0.05, 0) is 30.5 Å². The van der Waals surface area contributed by atoms with E-state index in [9.17, 15) is 0 Å². The molecule has 0 bridgehead atoms. The summed E-state index contributed by atoms with van der Waals surface area (Å²) in [6.45, 7) is 0.809. The van der Waals surface area contributed by atoms with Gasteiger partial charge in [-0.2, -0.15) is 0 Å². The van der Waals surface area contributed by atoms with E-state index in [1.807, 2.05) is 6.07 Å². The van der Waals surface area contributed by atoms with Crippen molar-refractivity contribution in [3.05, 3.63) is 34.3 Å². The van der Waals surface area contributed by atoms with Gasteiger partial charge in [-0.25, -0.2) is 0 Å². The molecule has 0 radical (unpaired) electrons. The molecule has 0 N–H and O–H groups in total. The molecule has 1 atom stereocenters. The van der Waals surface area contributed by atoms with Crippen LogP contribution in [-0.2, 0) is 11.2 Å². The lowest BCUT2D eigenvalue weighted by atomic mass is 10.1. The molecule has 1 unspecified atom stereocenters. The topological polar surface area (TPSA) is 9.23 Å². The Kier molecular flexibility index (Phi) is 5.75. The Bertz CT molecular complexity index is 276. The third-order valence-corrected chi connectivity index (χ3v) is 3.26. The van der Waals surface area contributed by atoms with Gasteiger partial charge in [0.05, 0.1) is 0 Å². The maximum absolute atomic E-state index is 5.03. The van der Waals surface area contributed by atoms with E-state index in [1.54, 1.807) is 7.11 Å². The molecule has 78 valence electrons. The smallest absolute Gasteiger partial charge is 0.0473 e. The molecule has 0 saturated heterocycles. The van der Waals surface area contributed by atoms with Gasteiger partial charge in [0.1, 0.15) is 0 Å². The van der Waals surface area contributed by atoms with Crippen molar-refractivity contribution in [3.63, 3.8) is 0 Å². The van der Waals surface area contributed by atoms with Gasteiger partial charge >= 0.3 is 0 Å². The summed E-state index contributed by atoms with van der Waals surface area (Å²) in [5.41, 5.74) is 1.34. The zero-order valence-electron chi connectivity index (χ0n) is 8.17. The number of hydrogen-bond acceptors (Lipinski definition) is 1. The summed E-state index contributed by atoms with van der Waals surface area (Å²) < 4.78 is 6.17. The van der Waals surface area contributed by atoms with Crippen molar-refractivity contribution >= 4 is 31.9 Å². The van der Waals surface area contributed by atoms with Crippen molar-refractivity contribution in [1.29, 1.82) is 0 Å². The highest BCUT2D eigenvalue weighted by Gasteiger charge is 2.05. The van der Waals surface area contributed by atoms with E-state index >= 15 is 0 Å². The van der Waals surface area contributed by atoms with Crippen LogP contribution in [0.2, 0.25) is 0 Å². The number of ether oxygens (including phenoxy) is 1. The number of halogens is 2. The molecule has 0 saturated carbocycles. The van der Waals surface area contributed by atoms with E-state index in [0.717, 1.165) is 23.9 Å². The molecular weight excluding hydrogens is 308 g/mol. The van der Waals surface area contributed by atoms with Crippen LogP contribution in [0.25, 0.3) is 0 Å². The first-order chi connectivity index (χ1) is 6.72. The minimum Gasteiger partial charge on any atom is -0.385 e. The van der Waals surface area contributed by atoms with E-state index < -0.39 is 0 Å². The molecule has 0 aliphatic rings. The highest BCUT2D eigenvalue weighted by molar-refractivity contribution is 9.10. The third-order valence-electron chi connectivity index (χ3n) is 1.98. The summed E-state index contributed by atoms with van der Waals surface area (Å²) in [5.74, 6) is 0. The lowest BCUT2D eigenvalue weighted by Gasteiger charge is -2.09. The summed E-state index contributed by atoms with van der Waals surface area (Å²) in [5, 5.41) is 0. The Balaban J connectivity index is 2.43. The summed E-state index contributed by atoms with van der Waals surface area (Å²) >= 11 is 7.11. The van der Waals surface area contributed by atoms with Crippen molar-refractivity contribution in [2.45, 2.75) is 17.7 Å². The Morgan fingerprint density at radius 2 is 2.21 bits per heavy atom. The van der Waals surface area contributed by atoms with E-state index in [4.69, 9.17) is 4.74 Å². The second kappa shape index (κ2) is 6.59. The van der Waals surface area contributed by atoms with Crippen LogP contribution in [-0.4, -0.2) is 18.5 Å². The number of alkyl halides is 1. The molecule has 0 aliphatic heterocycles. The maximum atomic E-state index is 5.03. The lowest BCUT2D eigenvalue weighted by Crippen LogP contribution is -2.06. The Labute approximate surface area is 102 Å². The van der Waals surface area contributed by atoms with Gasteiger partial charge in [-0.3, -0.25) is 0 Å². The molecule has 0 spiro atoms. The third kappa shape index (κ3) is 4.58. The minimum atomic E-state index is 0.497. The largest absolute Gasteiger partial charge is 0.385 e. The molecule has 14 heavy (non-hydrogen) atoms. The van der Waals surface area contributed by atoms with Gasteiger partial charge < -0.3 is 4.74 Å². The average molecular weight is 322 g/mol. The predicted molar refractivity (Wildman–Crippen MR) is 67.1 cm³/mol. The highest BCUT2D eigenvalue weighted by Crippen LogP contribution is 2.17. The fourth-order valence-corrected chi connectivity index (χ4v) is 2.27. The van der Waals surface area contributed by atoms with Crippen LogP contribution in [0.15, 0.2) is 28.7 Å². The monoisotopic (exact) mass is 320 g/mol. The SMILES string of the molecule is COCCC(Br)Cc1cccc(Br)c1. The standard InChI is InChI=1S/C11H14Br2O/c1-14-6-5-11(13)8-9-3-2-4-10(12)7-9/h2-4,7,11H,5-6,8H2,1H3. The molecule has 0 amide bonds. The van der Waals surface area contributed by atoms with Crippen LogP contribution in [0.3, 0.4) is 0 Å². The first kappa shape index (κ1) is 12.2. The molecular formula is C11H14Br2O. The first-order valence-electron chi connectivity index (χ1n) is 4.60. The molecule has 3 heteroatoms. The fraction of sp³-hybridized carbons (Fsp3) is 0.455. The molecule has 1 aromatic rings. The van der Waals surface area contributed by atoms with E-state index in [2.05, 4.69) is 50.1 Å². The number of rotatable bonds is 5. The van der Waals surface area contributed by atoms with Gasteiger partial charge in [-0.15, -0.1) is 0 Å². The molecule has 1 aromatic carbocycles. The van der Waals surface area contributed by atoms with Gasteiger partial charge in [0, 0.05) is 23.0 Å². The molecule has 0 fully saturated rings. The summed E-state index contributed by atoms with van der Waals surface area (Å²) in [6, 6.07) is 8.41. The van der Waals surface area contributed by atoms with Crippen molar-refractivity contribution < 1.29 is 4.74 Å². The van der Waals surface area contributed by atoms with Crippen LogP contribution in [0.1, 0.15) is 12.0 Å². The fourth-order valence-electron chi connectivity index (χ4n) is 1.27. The first-order valence-corrected chi connectivity index (χ1v) is 6.30. The van der Waals surface area contributed by atoms with Crippen molar-refractivity contribution in [1.82, 2.24) is 0 Å². The Morgan fingerprint density at radius 1 is 1.43 bits per heavy atom. The van der Waals surface area contributed by atoms with Crippen LogP contribution in [0, 0.1) is 0 Å². The molecule has 1 rings (SSSR count). The quantitative estimate of drug-likeness (QED) is 0.750. The van der Waals surface area contributed by atoms with Crippen LogP contribution >= 0.6 is 31.9 Å². The average Bonchev–Trinajstić information content (AvgIpc) is 2.15. The molecule has 0 heterocycles. The summed E-state index contributed by atoms with van der Waals surface area (Å²) in [4.78, 5) is 0.497. The zero-order valence-corrected chi connectivity index (χ0v) is 11.3. The number of methoxy groups -OCH3 is 1. The predicted octanol–water partition coefficient (Wildman–Crippen LogP) is 3.79. The van der Waals surface area contributed by atoms with E-state index in [0.29, 0.717) is 4.83 Å². The number of benzene rings is 1. The Morgan fingerprint density at radius 3 is 2.86 bits per heavy atom. The van der Waals surface area contributed by atoms with Crippen LogP contribution in [0.4, 0.5) is 0 Å². The van der Waals surface area contributed by atoms with Gasteiger partial charge in [-0.1, -0.05) is 44.0 Å². The molecule has 0 aromatic heterocycles. The second-order valence-electron chi connectivity index (χ2n) is 3.21. The van der Waals surface area contributed by atoms with Crippen LogP contribution < -0.4 is 0 Å². The maximum Gasteiger partial charge on any atom is 0.0473 e. The van der Waals surface area contributed by atoms with E-state index in [1.165, 1.54) is 5.56 Å². The van der Waals surface area contributed by atoms with Gasteiger partial charge in [0.15, 0.2) is 0 Å². The van der Waals surface area contributed by atoms with E-state index in [-0.39, 0.29) is 0 Å². The summed E-state index contributed by atoms with van der Waals surface area (Å²) in [6.07, 6.45) is 2.09. The molecule has 0 aliphatic carbocycles. The van der Waals surface area contributed by atoms with Crippen molar-refractivity contribution in [2.24, 2.45) is 0 Å². The van der Waals surface area contributed by atoms with Gasteiger partial charge in [0.25, 0.3) is 0 Å². The summed E-state index contributed by atoms with van der Waals surface area (Å²) in [7, 11) is 1.73. The normalized spacial score (nSPS) is 12.8. The lowest BCUT2D eigenvalue weighted by molar-refractivity contribution is 0.194. The number of hydrogen-bond donors (Lipinski definition) is 0. The molecule has 1 nitrogen and oxygen atoms in total.